The zero-order valence-electron chi connectivity index (χ0n) is 8.40. The fourth-order valence-corrected chi connectivity index (χ4v) is 1.44. The van der Waals surface area contributed by atoms with Crippen molar-refractivity contribution in [2.75, 3.05) is 19.8 Å². The maximum absolute atomic E-state index is 10.8. The van der Waals surface area contributed by atoms with Gasteiger partial charge in [0.25, 0.3) is 0 Å². The minimum Gasteiger partial charge on any atom is -0.459 e. The molecule has 0 heterocycles. The van der Waals surface area contributed by atoms with E-state index in [-0.39, 0.29) is 39.1 Å². The lowest BCUT2D eigenvalue weighted by Crippen LogP contribution is -2.37. The largest absolute Gasteiger partial charge is 0.459 e. The number of carbonyl (C=O) groups is 1. The number of rotatable bonds is 7. The summed E-state index contributed by atoms with van der Waals surface area (Å²) >= 11 is 0. The van der Waals surface area contributed by atoms with Gasteiger partial charge in [-0.05, 0) is 0 Å². The first-order valence-corrected chi connectivity index (χ1v) is 4.62. The molecular formula is C9H18O5. The van der Waals surface area contributed by atoms with Gasteiger partial charge in [0.05, 0.1) is 0 Å². The van der Waals surface area contributed by atoms with E-state index in [0.29, 0.717) is 0 Å². The van der Waals surface area contributed by atoms with Crippen LogP contribution in [0.15, 0.2) is 0 Å². The predicted molar refractivity (Wildman–Crippen MR) is 49.6 cm³/mol. The van der Waals surface area contributed by atoms with E-state index < -0.39 is 11.6 Å². The van der Waals surface area contributed by atoms with Crippen molar-refractivity contribution in [2.45, 2.75) is 31.8 Å². The van der Waals surface area contributed by atoms with Crippen molar-refractivity contribution in [3.63, 3.8) is 0 Å². The molecule has 0 atom stereocenters. The lowest BCUT2D eigenvalue weighted by Gasteiger charge is -2.31. The molecule has 0 rings (SSSR count). The van der Waals surface area contributed by atoms with Gasteiger partial charge in [0.1, 0.15) is 5.60 Å². The fourth-order valence-electron chi connectivity index (χ4n) is 1.44. The molecule has 0 aromatic heterocycles. The summed E-state index contributed by atoms with van der Waals surface area (Å²) in [4.78, 5) is 10.8. The molecule has 0 aliphatic heterocycles. The Hall–Kier alpha value is -0.650. The van der Waals surface area contributed by atoms with Gasteiger partial charge in [-0.3, -0.25) is 4.79 Å². The maximum Gasteiger partial charge on any atom is 0.303 e. The van der Waals surface area contributed by atoms with Gasteiger partial charge in [-0.15, -0.1) is 0 Å². The first-order chi connectivity index (χ1) is 6.60. The second-order valence-electron chi connectivity index (χ2n) is 3.20. The number of ether oxygens (including phenoxy) is 1. The number of hydrogen-bond donors (Lipinski definition) is 3. The highest BCUT2D eigenvalue weighted by Gasteiger charge is 2.31. The first-order valence-electron chi connectivity index (χ1n) is 4.62. The lowest BCUT2D eigenvalue weighted by atomic mass is 9.92. The van der Waals surface area contributed by atoms with E-state index in [2.05, 4.69) is 0 Å². The molecule has 5 nitrogen and oxygen atoms in total. The standard InChI is InChI=1S/C9H18O5/c1-8(13)14-9(2-5-10,3-6-11)4-7-12/h10-12H,2-7H2,1H3. The first kappa shape index (κ1) is 13.4. The Morgan fingerprint density at radius 1 is 1.07 bits per heavy atom. The van der Waals surface area contributed by atoms with Crippen LogP contribution in [-0.2, 0) is 9.53 Å². The van der Waals surface area contributed by atoms with Crippen molar-refractivity contribution >= 4 is 5.97 Å². The van der Waals surface area contributed by atoms with E-state index in [9.17, 15) is 4.79 Å². The van der Waals surface area contributed by atoms with Crippen molar-refractivity contribution in [3.8, 4) is 0 Å². The average Bonchev–Trinajstić information content (AvgIpc) is 2.03. The molecule has 0 unspecified atom stereocenters. The van der Waals surface area contributed by atoms with Gasteiger partial charge in [-0.2, -0.15) is 0 Å². The van der Waals surface area contributed by atoms with Crippen molar-refractivity contribution in [3.05, 3.63) is 0 Å². The van der Waals surface area contributed by atoms with E-state index in [1.807, 2.05) is 0 Å². The monoisotopic (exact) mass is 206 g/mol. The molecule has 84 valence electrons. The molecule has 14 heavy (non-hydrogen) atoms. The molecule has 5 heteroatoms. The summed E-state index contributed by atoms with van der Waals surface area (Å²) in [5.41, 5.74) is -0.927. The summed E-state index contributed by atoms with van der Waals surface area (Å²) in [5.74, 6) is -0.472. The molecule has 0 spiro atoms. The van der Waals surface area contributed by atoms with Crippen LogP contribution in [0.2, 0.25) is 0 Å². The van der Waals surface area contributed by atoms with Crippen molar-refractivity contribution < 1.29 is 24.9 Å². The van der Waals surface area contributed by atoms with Crippen LogP contribution in [-0.4, -0.2) is 46.7 Å². The number of hydrogen-bond acceptors (Lipinski definition) is 5. The molecule has 0 aromatic carbocycles. The third kappa shape index (κ3) is 4.55. The average molecular weight is 206 g/mol. The van der Waals surface area contributed by atoms with Gasteiger partial charge in [0.15, 0.2) is 0 Å². The minimum atomic E-state index is -0.927. The molecule has 0 saturated heterocycles. The Morgan fingerprint density at radius 2 is 1.43 bits per heavy atom. The molecule has 0 radical (unpaired) electrons. The van der Waals surface area contributed by atoms with Gasteiger partial charge >= 0.3 is 5.97 Å². The van der Waals surface area contributed by atoms with Crippen LogP contribution in [0.3, 0.4) is 0 Å². The van der Waals surface area contributed by atoms with Crippen LogP contribution in [0, 0.1) is 0 Å². The summed E-state index contributed by atoms with van der Waals surface area (Å²) in [5, 5.41) is 26.4. The van der Waals surface area contributed by atoms with E-state index in [1.54, 1.807) is 0 Å². The van der Waals surface area contributed by atoms with Crippen LogP contribution in [0.4, 0.5) is 0 Å². The molecule has 0 aliphatic rings. The molecule has 0 fully saturated rings. The topological polar surface area (TPSA) is 87.0 Å². The Bertz CT molecular complexity index is 152. The predicted octanol–water partition coefficient (Wildman–Crippen LogP) is -0.565. The third-order valence-corrected chi connectivity index (χ3v) is 2.06. The van der Waals surface area contributed by atoms with E-state index in [0.717, 1.165) is 0 Å². The number of aliphatic hydroxyl groups is 3. The normalized spacial score (nSPS) is 11.4. The minimum absolute atomic E-state index is 0.146. The lowest BCUT2D eigenvalue weighted by molar-refractivity contribution is -0.162. The molecular weight excluding hydrogens is 188 g/mol. The van der Waals surface area contributed by atoms with Crippen LogP contribution < -0.4 is 0 Å². The highest BCUT2D eigenvalue weighted by atomic mass is 16.6. The van der Waals surface area contributed by atoms with Gasteiger partial charge in [-0.1, -0.05) is 0 Å². The van der Waals surface area contributed by atoms with E-state index in [1.165, 1.54) is 6.92 Å². The van der Waals surface area contributed by atoms with Gasteiger partial charge in [0.2, 0.25) is 0 Å². The summed E-state index contributed by atoms with van der Waals surface area (Å²) in [6, 6.07) is 0. The Kier molecular flexibility index (Phi) is 6.44. The molecule has 0 saturated carbocycles. The van der Waals surface area contributed by atoms with Crippen LogP contribution in [0.5, 0.6) is 0 Å². The Balaban J connectivity index is 4.45. The maximum atomic E-state index is 10.8. The van der Waals surface area contributed by atoms with Crippen LogP contribution in [0.1, 0.15) is 26.2 Å². The molecule has 0 bridgehead atoms. The number of carbonyl (C=O) groups excluding carboxylic acids is 1. The van der Waals surface area contributed by atoms with Gasteiger partial charge in [0, 0.05) is 46.0 Å². The highest BCUT2D eigenvalue weighted by molar-refractivity contribution is 5.66. The SMILES string of the molecule is CC(=O)OC(CCO)(CCO)CCO. The van der Waals surface area contributed by atoms with Crippen molar-refractivity contribution in [1.82, 2.24) is 0 Å². The Morgan fingerprint density at radius 3 is 1.64 bits per heavy atom. The molecule has 0 aromatic rings. The second-order valence-corrected chi connectivity index (χ2v) is 3.20. The fraction of sp³-hybridized carbons (Fsp3) is 0.889. The van der Waals surface area contributed by atoms with Gasteiger partial charge in [-0.25, -0.2) is 0 Å². The summed E-state index contributed by atoms with van der Waals surface area (Å²) in [6.07, 6.45) is 0.690. The van der Waals surface area contributed by atoms with Gasteiger partial charge < -0.3 is 20.1 Å². The zero-order valence-corrected chi connectivity index (χ0v) is 8.40. The summed E-state index contributed by atoms with van der Waals surface area (Å²) < 4.78 is 5.04. The van der Waals surface area contributed by atoms with Crippen LogP contribution in [0.25, 0.3) is 0 Å². The smallest absolute Gasteiger partial charge is 0.303 e. The van der Waals surface area contributed by atoms with Crippen molar-refractivity contribution in [1.29, 1.82) is 0 Å². The summed E-state index contributed by atoms with van der Waals surface area (Å²) in [6.45, 7) is 0.828. The number of aliphatic hydroxyl groups excluding tert-OH is 3. The zero-order chi connectivity index (χ0) is 11.0. The molecule has 0 amide bonds. The Labute approximate surface area is 83.3 Å². The number of esters is 1. The summed E-state index contributed by atoms with van der Waals surface area (Å²) in [7, 11) is 0. The highest BCUT2D eigenvalue weighted by Crippen LogP contribution is 2.24. The molecule has 3 N–H and O–H groups in total. The van der Waals surface area contributed by atoms with Crippen molar-refractivity contribution in [2.24, 2.45) is 0 Å². The van der Waals surface area contributed by atoms with E-state index >= 15 is 0 Å². The third-order valence-electron chi connectivity index (χ3n) is 2.06. The second kappa shape index (κ2) is 6.75. The molecule has 0 aliphatic carbocycles. The quantitative estimate of drug-likeness (QED) is 0.486. The van der Waals surface area contributed by atoms with Crippen LogP contribution >= 0.6 is 0 Å². The van der Waals surface area contributed by atoms with E-state index in [4.69, 9.17) is 20.1 Å².